The van der Waals surface area contributed by atoms with Gasteiger partial charge < -0.3 is 18.9 Å². The van der Waals surface area contributed by atoms with E-state index >= 15 is 4.79 Å². The van der Waals surface area contributed by atoms with E-state index in [1.54, 1.807) is 0 Å². The van der Waals surface area contributed by atoms with Crippen molar-refractivity contribution >= 4 is 29.0 Å². The highest BCUT2D eigenvalue weighted by Crippen LogP contribution is 2.41. The number of benzene rings is 2. The van der Waals surface area contributed by atoms with E-state index in [4.69, 9.17) is 23.2 Å². The molecule has 0 aliphatic carbocycles. The van der Waals surface area contributed by atoms with Gasteiger partial charge in [0.1, 0.15) is 5.78 Å². The number of hydrogen-bond acceptors (Lipinski definition) is 3. The molecule has 2 aliphatic rings. The quantitative estimate of drug-likeness (QED) is 0.166. The van der Waals surface area contributed by atoms with Crippen LogP contribution in [0, 0.1) is 27.7 Å². The maximum Gasteiger partial charge on any atom is 0.148 e. The van der Waals surface area contributed by atoms with Crippen LogP contribution in [0.2, 0.25) is 10.0 Å². The van der Waals surface area contributed by atoms with Gasteiger partial charge in [-0.1, -0.05) is 36.0 Å². The van der Waals surface area contributed by atoms with Crippen LogP contribution in [-0.4, -0.2) is 64.0 Å². The molecule has 0 N–H and O–H groups in total. The number of carbonyl (C=O) groups is 1. The smallest absolute Gasteiger partial charge is 0.148 e. The molecule has 0 spiro atoms. The zero-order valence-electron chi connectivity index (χ0n) is 29.6. The number of halogens is 2. The SMILES string of the molecule is Cc1cc(C(CC2CCCCN2C)C(=O)C(CC2CCCCN2C)c2cc(C)n(-c3ccc(Cl)cc3)c2C)c(C)n1-c1ccc(Cl)cc1. The van der Waals surface area contributed by atoms with E-state index in [1.807, 2.05) is 24.3 Å². The second kappa shape index (κ2) is 15.0. The number of ketones is 1. The normalized spacial score (nSPS) is 20.6. The summed E-state index contributed by atoms with van der Waals surface area (Å²) < 4.78 is 4.60. The Labute approximate surface area is 297 Å². The molecule has 4 aromatic rings. The summed E-state index contributed by atoms with van der Waals surface area (Å²) in [5.41, 5.74) is 9.06. The molecule has 2 aromatic carbocycles. The minimum atomic E-state index is -0.208. The summed E-state index contributed by atoms with van der Waals surface area (Å²) in [4.78, 5) is 20.6. The number of Topliss-reactive ketones (excluding diaryl/α,β-unsaturated/α-hetero) is 1. The average molecular weight is 688 g/mol. The average Bonchev–Trinajstić information content (AvgIpc) is 3.53. The lowest BCUT2D eigenvalue weighted by Gasteiger charge is -2.37. The third kappa shape index (κ3) is 7.21. The fraction of sp³-hybridized carbons (Fsp3) is 0.488. The molecule has 2 fully saturated rings. The summed E-state index contributed by atoms with van der Waals surface area (Å²) >= 11 is 12.6. The molecule has 2 aliphatic heterocycles. The Balaban J connectivity index is 1.47. The fourth-order valence-corrected chi connectivity index (χ4v) is 8.97. The van der Waals surface area contributed by atoms with Crippen molar-refractivity contribution in [3.05, 3.63) is 105 Å². The van der Waals surface area contributed by atoms with Gasteiger partial charge in [-0.15, -0.1) is 0 Å². The van der Waals surface area contributed by atoms with Crippen LogP contribution in [0.1, 0.15) is 97.1 Å². The van der Waals surface area contributed by atoms with Crippen molar-refractivity contribution in [1.82, 2.24) is 18.9 Å². The van der Waals surface area contributed by atoms with E-state index < -0.39 is 0 Å². The zero-order chi connectivity index (χ0) is 34.1. The molecule has 4 atom stereocenters. The van der Waals surface area contributed by atoms with Gasteiger partial charge in [0, 0.05) is 68.1 Å². The number of nitrogens with zero attached hydrogens (tertiary/aromatic N) is 4. The van der Waals surface area contributed by atoms with E-state index in [9.17, 15) is 0 Å². The van der Waals surface area contributed by atoms with Crippen LogP contribution in [0.15, 0.2) is 60.7 Å². The number of likely N-dealkylation sites (tertiary alicyclic amines) is 2. The van der Waals surface area contributed by atoms with Crippen molar-refractivity contribution in [3.8, 4) is 11.4 Å². The number of aromatic nitrogens is 2. The highest BCUT2D eigenvalue weighted by Gasteiger charge is 2.38. The molecular formula is C41H52Cl2N4O. The standard InChI is InChI=1S/C41H52Cl2N4O/c1-27-23-37(29(3)46(27)33-17-13-31(42)14-18-33)39(25-35-11-7-9-21-44(35)5)41(48)40(26-36-12-8-10-22-45(36)6)38-24-28(2)47(30(38)4)34-19-15-32(43)16-20-34/h13-20,23-24,35-36,39-40H,7-12,21-22,25-26H2,1-6H3. The van der Waals surface area contributed by atoms with E-state index in [2.05, 4.69) is 97.1 Å². The van der Waals surface area contributed by atoms with Crippen molar-refractivity contribution in [2.45, 2.75) is 103 Å². The number of aryl methyl sites for hydroxylation is 2. The molecule has 4 heterocycles. The lowest BCUT2D eigenvalue weighted by Crippen LogP contribution is -2.40. The molecule has 256 valence electrons. The molecule has 0 amide bonds. The molecule has 0 radical (unpaired) electrons. The van der Waals surface area contributed by atoms with Gasteiger partial charge in [0.05, 0.1) is 0 Å². The minimum absolute atomic E-state index is 0.208. The number of carbonyl (C=O) groups excluding carboxylic acids is 1. The van der Waals surface area contributed by atoms with Crippen molar-refractivity contribution in [2.75, 3.05) is 27.2 Å². The molecule has 5 nitrogen and oxygen atoms in total. The van der Waals surface area contributed by atoms with Crippen LogP contribution in [0.4, 0.5) is 0 Å². The minimum Gasteiger partial charge on any atom is -0.318 e. The van der Waals surface area contributed by atoms with Crippen LogP contribution in [-0.2, 0) is 4.79 Å². The van der Waals surface area contributed by atoms with E-state index in [1.165, 1.54) is 36.8 Å². The topological polar surface area (TPSA) is 33.4 Å². The van der Waals surface area contributed by atoms with Gasteiger partial charge >= 0.3 is 0 Å². The molecule has 7 heteroatoms. The van der Waals surface area contributed by atoms with Crippen molar-refractivity contribution in [3.63, 3.8) is 0 Å². The third-order valence-electron chi connectivity index (χ3n) is 11.4. The summed E-state index contributed by atoms with van der Waals surface area (Å²) in [6, 6.07) is 21.4. The monoisotopic (exact) mass is 686 g/mol. The largest absolute Gasteiger partial charge is 0.318 e. The van der Waals surface area contributed by atoms with E-state index in [-0.39, 0.29) is 11.8 Å². The summed E-state index contributed by atoms with van der Waals surface area (Å²) in [6.07, 6.45) is 8.85. The predicted octanol–water partition coefficient (Wildman–Crippen LogP) is 9.99. The van der Waals surface area contributed by atoms with Gasteiger partial charge in [0.2, 0.25) is 0 Å². The molecule has 2 saturated heterocycles. The number of rotatable bonds is 10. The molecule has 0 bridgehead atoms. The number of piperidine rings is 2. The second-order valence-electron chi connectivity index (χ2n) is 14.5. The molecule has 48 heavy (non-hydrogen) atoms. The summed E-state index contributed by atoms with van der Waals surface area (Å²) in [5.74, 6) is -0.0544. The zero-order valence-corrected chi connectivity index (χ0v) is 31.1. The molecule has 0 saturated carbocycles. The first-order valence-electron chi connectivity index (χ1n) is 17.9. The highest BCUT2D eigenvalue weighted by atomic mass is 35.5. The van der Waals surface area contributed by atoms with Gasteiger partial charge in [-0.2, -0.15) is 0 Å². The van der Waals surface area contributed by atoms with Crippen molar-refractivity contribution in [2.24, 2.45) is 0 Å². The lowest BCUT2D eigenvalue weighted by atomic mass is 9.76. The lowest BCUT2D eigenvalue weighted by molar-refractivity contribution is -0.123. The van der Waals surface area contributed by atoms with Crippen LogP contribution < -0.4 is 0 Å². The fourth-order valence-electron chi connectivity index (χ4n) is 8.72. The Morgan fingerprint density at radius 3 is 1.38 bits per heavy atom. The summed E-state index contributed by atoms with van der Waals surface area (Å²) in [6.45, 7) is 10.9. The van der Waals surface area contributed by atoms with Gasteiger partial charge in [-0.3, -0.25) is 4.79 Å². The molecule has 2 aromatic heterocycles. The summed E-state index contributed by atoms with van der Waals surface area (Å²) in [5, 5.41) is 1.45. The van der Waals surface area contributed by atoms with Crippen LogP contribution >= 0.6 is 23.2 Å². The van der Waals surface area contributed by atoms with Crippen LogP contribution in [0.5, 0.6) is 0 Å². The van der Waals surface area contributed by atoms with Crippen LogP contribution in [0.25, 0.3) is 11.4 Å². The second-order valence-corrected chi connectivity index (χ2v) is 15.4. The predicted molar refractivity (Wildman–Crippen MR) is 201 cm³/mol. The highest BCUT2D eigenvalue weighted by molar-refractivity contribution is 6.30. The van der Waals surface area contributed by atoms with E-state index in [0.717, 1.165) is 83.0 Å². The summed E-state index contributed by atoms with van der Waals surface area (Å²) in [7, 11) is 4.49. The Kier molecular flexibility index (Phi) is 10.9. The Bertz CT molecular complexity index is 1590. The molecule has 6 rings (SSSR count). The Morgan fingerprint density at radius 1 is 0.646 bits per heavy atom. The first kappa shape index (κ1) is 35.0. The maximum absolute atomic E-state index is 15.6. The van der Waals surface area contributed by atoms with Gasteiger partial charge in [0.25, 0.3) is 0 Å². The third-order valence-corrected chi connectivity index (χ3v) is 11.9. The molecule has 4 unspecified atom stereocenters. The Hall–Kier alpha value is -2.83. The first-order chi connectivity index (χ1) is 23.0. The number of hydrogen-bond donors (Lipinski definition) is 0. The van der Waals surface area contributed by atoms with Crippen molar-refractivity contribution in [1.29, 1.82) is 0 Å². The van der Waals surface area contributed by atoms with Gasteiger partial charge in [-0.05, 0) is 165 Å². The Morgan fingerprint density at radius 2 is 1.02 bits per heavy atom. The molecular weight excluding hydrogens is 635 g/mol. The van der Waals surface area contributed by atoms with Crippen molar-refractivity contribution < 1.29 is 4.79 Å². The maximum atomic E-state index is 15.6. The van der Waals surface area contributed by atoms with Gasteiger partial charge in [0.15, 0.2) is 0 Å². The van der Waals surface area contributed by atoms with Gasteiger partial charge in [-0.25, -0.2) is 0 Å². The first-order valence-corrected chi connectivity index (χ1v) is 18.6. The van der Waals surface area contributed by atoms with E-state index in [0.29, 0.717) is 17.9 Å². The van der Waals surface area contributed by atoms with Crippen LogP contribution in [0.3, 0.4) is 0 Å².